The molecule has 1 saturated carbocycles. The predicted molar refractivity (Wildman–Crippen MR) is 147 cm³/mol. The molecule has 0 aromatic heterocycles. The van der Waals surface area contributed by atoms with E-state index in [9.17, 15) is 14.4 Å². The van der Waals surface area contributed by atoms with Crippen LogP contribution in [0.4, 0.5) is 5.69 Å². The van der Waals surface area contributed by atoms with Gasteiger partial charge in [-0.05, 0) is 42.7 Å². The van der Waals surface area contributed by atoms with Gasteiger partial charge in [-0.25, -0.2) is 4.99 Å². The number of fused-ring (bicyclic) bond motifs is 4. The summed E-state index contributed by atoms with van der Waals surface area (Å²) in [6.07, 6.45) is 5.41. The van der Waals surface area contributed by atoms with Gasteiger partial charge in [0, 0.05) is 18.2 Å². The first-order chi connectivity index (χ1) is 19.0. The Balaban J connectivity index is 1.14. The van der Waals surface area contributed by atoms with Gasteiger partial charge in [-0.3, -0.25) is 19.3 Å². The molecule has 11 heteroatoms. The van der Waals surface area contributed by atoms with Gasteiger partial charge in [0.05, 0.1) is 17.9 Å². The van der Waals surface area contributed by atoms with E-state index in [1.54, 1.807) is 11.0 Å². The van der Waals surface area contributed by atoms with Crippen molar-refractivity contribution in [2.24, 2.45) is 9.98 Å². The fourth-order valence-corrected chi connectivity index (χ4v) is 6.11. The Morgan fingerprint density at radius 1 is 1.00 bits per heavy atom. The summed E-state index contributed by atoms with van der Waals surface area (Å²) in [6, 6.07) is 12.3. The SMILES string of the molecule is O=C(CC1C(=O)N=C2c3ccccc3N=C(SCC(=O)NC3CCCCC3)N21)NCc1ccc2c(c1)OCO2. The number of carbonyl (C=O) groups excluding carboxylic acids is 3. The Labute approximate surface area is 230 Å². The molecular formula is C28H29N5O5S. The number of ether oxygens (including phenoxy) is 2. The third kappa shape index (κ3) is 5.49. The summed E-state index contributed by atoms with van der Waals surface area (Å²) in [5.74, 6) is 1.19. The summed E-state index contributed by atoms with van der Waals surface area (Å²) >= 11 is 1.26. The fourth-order valence-electron chi connectivity index (χ4n) is 5.25. The molecule has 10 nitrogen and oxygen atoms in total. The van der Waals surface area contributed by atoms with E-state index in [0.717, 1.165) is 36.8 Å². The van der Waals surface area contributed by atoms with Gasteiger partial charge < -0.3 is 20.1 Å². The fraction of sp³-hybridized carbons (Fsp3) is 0.393. The van der Waals surface area contributed by atoms with Gasteiger partial charge in [-0.1, -0.05) is 49.2 Å². The molecular weight excluding hydrogens is 518 g/mol. The van der Waals surface area contributed by atoms with Gasteiger partial charge >= 0.3 is 0 Å². The van der Waals surface area contributed by atoms with Crippen LogP contribution in [0, 0.1) is 0 Å². The predicted octanol–water partition coefficient (Wildman–Crippen LogP) is 3.26. The van der Waals surface area contributed by atoms with Gasteiger partial charge in [0.1, 0.15) is 11.9 Å². The number of benzene rings is 2. The molecule has 2 N–H and O–H groups in total. The molecule has 1 atom stereocenters. The summed E-state index contributed by atoms with van der Waals surface area (Å²) in [5, 5.41) is 6.50. The molecule has 3 aliphatic heterocycles. The lowest BCUT2D eigenvalue weighted by molar-refractivity contribution is -0.126. The molecule has 2 aromatic rings. The van der Waals surface area contributed by atoms with Crippen molar-refractivity contribution < 1.29 is 23.9 Å². The molecule has 6 rings (SSSR count). The third-order valence-corrected chi connectivity index (χ3v) is 8.17. The number of rotatable bonds is 7. The zero-order valence-electron chi connectivity index (χ0n) is 21.4. The highest BCUT2D eigenvalue weighted by Gasteiger charge is 2.42. The number of thioether (sulfide) groups is 1. The van der Waals surface area contributed by atoms with Crippen molar-refractivity contribution in [3.8, 4) is 11.5 Å². The number of nitrogens with one attached hydrogen (secondary N) is 2. The minimum atomic E-state index is -0.835. The van der Waals surface area contributed by atoms with Crippen molar-refractivity contribution in [2.45, 2.75) is 57.2 Å². The maximum atomic E-state index is 13.1. The van der Waals surface area contributed by atoms with E-state index in [-0.39, 0.29) is 43.4 Å². The van der Waals surface area contributed by atoms with Crippen LogP contribution in [0.15, 0.2) is 52.4 Å². The number of hydrogen-bond acceptors (Lipinski definition) is 8. The zero-order chi connectivity index (χ0) is 26.8. The van der Waals surface area contributed by atoms with Gasteiger partial charge in [0.2, 0.25) is 18.6 Å². The molecule has 0 saturated heterocycles. The van der Waals surface area contributed by atoms with E-state index < -0.39 is 11.9 Å². The molecule has 3 amide bonds. The van der Waals surface area contributed by atoms with Crippen LogP contribution in [-0.4, -0.2) is 58.3 Å². The monoisotopic (exact) mass is 547 g/mol. The van der Waals surface area contributed by atoms with E-state index >= 15 is 0 Å². The second kappa shape index (κ2) is 11.1. The van der Waals surface area contributed by atoms with Gasteiger partial charge in [0.25, 0.3) is 5.91 Å². The quantitative estimate of drug-likeness (QED) is 0.546. The first-order valence-corrected chi connectivity index (χ1v) is 14.2. The van der Waals surface area contributed by atoms with Crippen molar-refractivity contribution in [3.05, 3.63) is 53.6 Å². The molecule has 202 valence electrons. The molecule has 2 aromatic carbocycles. The smallest absolute Gasteiger partial charge is 0.271 e. The van der Waals surface area contributed by atoms with E-state index in [1.807, 2.05) is 36.4 Å². The van der Waals surface area contributed by atoms with Gasteiger partial charge in [0.15, 0.2) is 16.7 Å². The summed E-state index contributed by atoms with van der Waals surface area (Å²) in [7, 11) is 0. The molecule has 39 heavy (non-hydrogen) atoms. The van der Waals surface area contributed by atoms with Crippen LogP contribution >= 0.6 is 11.8 Å². The first kappa shape index (κ1) is 25.4. The van der Waals surface area contributed by atoms with E-state index in [1.165, 1.54) is 18.2 Å². The summed E-state index contributed by atoms with van der Waals surface area (Å²) < 4.78 is 10.7. The minimum Gasteiger partial charge on any atom is -0.454 e. The standard InChI is InChI=1S/C28H29N5O5S/c34-24(29-14-17-10-11-22-23(12-17)38-16-37-22)13-21-27(36)32-26-19-8-4-5-9-20(19)31-28(33(21)26)39-15-25(35)30-18-6-2-1-3-7-18/h4-5,8-12,18,21H,1-3,6-7,13-16H2,(H,29,34)(H,30,35). The average molecular weight is 548 g/mol. The highest BCUT2D eigenvalue weighted by molar-refractivity contribution is 8.14. The van der Waals surface area contributed by atoms with Crippen molar-refractivity contribution >= 4 is 46.2 Å². The van der Waals surface area contributed by atoms with Crippen molar-refractivity contribution in [1.82, 2.24) is 15.5 Å². The Hall–Kier alpha value is -3.86. The molecule has 3 heterocycles. The van der Waals surface area contributed by atoms with E-state index in [4.69, 9.17) is 14.5 Å². The topological polar surface area (TPSA) is 122 Å². The first-order valence-electron chi connectivity index (χ1n) is 13.2. The molecule has 1 unspecified atom stereocenters. The maximum absolute atomic E-state index is 13.1. The molecule has 1 fully saturated rings. The van der Waals surface area contributed by atoms with Crippen LogP contribution < -0.4 is 20.1 Å². The number of para-hydroxylation sites is 1. The Kier molecular flexibility index (Phi) is 7.23. The highest BCUT2D eigenvalue weighted by Crippen LogP contribution is 2.35. The number of nitrogens with zero attached hydrogens (tertiary/aromatic N) is 3. The third-order valence-electron chi connectivity index (χ3n) is 7.22. The van der Waals surface area contributed by atoms with Crippen LogP contribution in [0.3, 0.4) is 0 Å². The Morgan fingerprint density at radius 3 is 2.69 bits per heavy atom. The van der Waals surface area contributed by atoms with Crippen LogP contribution in [0.1, 0.15) is 49.7 Å². The largest absolute Gasteiger partial charge is 0.454 e. The Bertz CT molecular complexity index is 1370. The van der Waals surface area contributed by atoms with Crippen LogP contribution in [0.2, 0.25) is 0 Å². The number of amides is 3. The second-order valence-corrected chi connectivity index (χ2v) is 10.9. The van der Waals surface area contributed by atoms with Crippen LogP contribution in [0.25, 0.3) is 0 Å². The maximum Gasteiger partial charge on any atom is 0.271 e. The Morgan fingerprint density at radius 2 is 1.82 bits per heavy atom. The number of carbonyl (C=O) groups is 3. The lowest BCUT2D eigenvalue weighted by atomic mass is 9.95. The number of aliphatic imine (C=N–C) groups is 2. The van der Waals surface area contributed by atoms with Gasteiger partial charge in [-0.2, -0.15) is 4.99 Å². The highest BCUT2D eigenvalue weighted by atomic mass is 32.2. The minimum absolute atomic E-state index is 0.0597. The van der Waals surface area contributed by atoms with Crippen molar-refractivity contribution in [3.63, 3.8) is 0 Å². The lowest BCUT2D eigenvalue weighted by Gasteiger charge is -2.31. The van der Waals surface area contributed by atoms with Gasteiger partial charge in [-0.15, -0.1) is 0 Å². The van der Waals surface area contributed by atoms with Crippen molar-refractivity contribution in [1.29, 1.82) is 0 Å². The van der Waals surface area contributed by atoms with Crippen LogP contribution in [0.5, 0.6) is 11.5 Å². The lowest BCUT2D eigenvalue weighted by Crippen LogP contribution is -2.46. The van der Waals surface area contributed by atoms with E-state index in [2.05, 4.69) is 15.6 Å². The second-order valence-electron chi connectivity index (χ2n) is 9.93. The zero-order valence-corrected chi connectivity index (χ0v) is 22.2. The van der Waals surface area contributed by atoms with E-state index in [0.29, 0.717) is 28.2 Å². The molecule has 4 aliphatic rings. The normalized spacial score (nSPS) is 19.6. The molecule has 0 radical (unpaired) electrons. The summed E-state index contributed by atoms with van der Waals surface area (Å²) in [6.45, 7) is 0.463. The molecule has 0 bridgehead atoms. The number of amidine groups is 2. The summed E-state index contributed by atoms with van der Waals surface area (Å²) in [4.78, 5) is 49.5. The number of hydrogen-bond donors (Lipinski definition) is 2. The average Bonchev–Trinajstić information content (AvgIpc) is 3.55. The molecule has 1 aliphatic carbocycles. The molecule has 0 spiro atoms. The van der Waals surface area contributed by atoms with Crippen molar-refractivity contribution in [2.75, 3.05) is 12.5 Å². The van der Waals surface area contributed by atoms with Crippen LogP contribution in [-0.2, 0) is 20.9 Å². The summed E-state index contributed by atoms with van der Waals surface area (Å²) in [5.41, 5.74) is 2.27.